The monoisotopic (exact) mass is 566 g/mol. The van der Waals surface area contributed by atoms with E-state index in [2.05, 4.69) is 162 Å². The van der Waals surface area contributed by atoms with Crippen LogP contribution in [0.4, 0.5) is 22.7 Å². The van der Waals surface area contributed by atoms with Gasteiger partial charge in [-0.15, -0.1) is 0 Å². The Hall–Kier alpha value is -5.80. The van der Waals surface area contributed by atoms with Crippen LogP contribution in [0, 0.1) is 0 Å². The molecule has 0 aromatic heterocycles. The molecule has 0 saturated heterocycles. The van der Waals surface area contributed by atoms with Gasteiger partial charge in [0.25, 0.3) is 0 Å². The van der Waals surface area contributed by atoms with Crippen LogP contribution >= 0.6 is 0 Å². The van der Waals surface area contributed by atoms with E-state index in [4.69, 9.17) is 4.74 Å². The number of ether oxygens (including phenoxy) is 1. The van der Waals surface area contributed by atoms with Crippen molar-refractivity contribution in [1.29, 1.82) is 0 Å². The van der Waals surface area contributed by atoms with Crippen LogP contribution in [-0.2, 0) is 0 Å². The molecule has 1 atom stereocenters. The summed E-state index contributed by atoms with van der Waals surface area (Å²) in [5, 5.41) is 5.95. The number of nitrogens with one attached hydrogen (secondary N) is 1. The molecule has 1 aliphatic rings. The summed E-state index contributed by atoms with van der Waals surface area (Å²) in [5.74, 6) is 0.868. The number of hydrogen-bond donors (Lipinski definition) is 1. The second-order valence-electron chi connectivity index (χ2n) is 11.0. The maximum Gasteiger partial charge on any atom is 0.196 e. The van der Waals surface area contributed by atoms with Crippen LogP contribution in [0.25, 0.3) is 33.0 Å². The van der Waals surface area contributed by atoms with E-state index in [-0.39, 0.29) is 6.23 Å². The van der Waals surface area contributed by atoms with E-state index in [1.807, 2.05) is 18.2 Å². The Balaban J connectivity index is 1.27. The highest BCUT2D eigenvalue weighted by molar-refractivity contribution is 6.01. The number of rotatable bonds is 6. The molecule has 0 bridgehead atoms. The molecule has 7 aromatic carbocycles. The zero-order chi connectivity index (χ0) is 29.3. The molecule has 0 fully saturated rings. The van der Waals surface area contributed by atoms with Crippen LogP contribution in [0.2, 0.25) is 0 Å². The predicted octanol–water partition coefficient (Wildman–Crippen LogP) is 11.1. The second kappa shape index (κ2) is 11.1. The first-order chi connectivity index (χ1) is 21.8. The largest absolute Gasteiger partial charge is 0.464 e. The molecule has 1 heterocycles. The van der Waals surface area contributed by atoms with E-state index < -0.39 is 0 Å². The molecule has 1 aliphatic heterocycles. The topological polar surface area (TPSA) is 24.5 Å². The smallest absolute Gasteiger partial charge is 0.196 e. The Morgan fingerprint density at radius 1 is 0.500 bits per heavy atom. The van der Waals surface area contributed by atoms with Gasteiger partial charge in [-0.2, -0.15) is 0 Å². The summed E-state index contributed by atoms with van der Waals surface area (Å²) < 4.78 is 6.38. The molecular formula is C41H30N2O. The molecule has 0 radical (unpaired) electrons. The third kappa shape index (κ3) is 4.75. The maximum atomic E-state index is 6.38. The van der Waals surface area contributed by atoms with E-state index in [1.165, 1.54) is 22.3 Å². The zero-order valence-electron chi connectivity index (χ0n) is 24.1. The van der Waals surface area contributed by atoms with Gasteiger partial charge in [-0.05, 0) is 58.5 Å². The van der Waals surface area contributed by atoms with Crippen LogP contribution in [0.15, 0.2) is 170 Å². The first kappa shape index (κ1) is 25.9. The lowest BCUT2D eigenvalue weighted by atomic mass is 10.00. The van der Waals surface area contributed by atoms with Crippen molar-refractivity contribution in [2.24, 2.45) is 0 Å². The highest BCUT2D eigenvalue weighted by atomic mass is 16.5. The molecule has 1 N–H and O–H groups in total. The van der Waals surface area contributed by atoms with Gasteiger partial charge in [-0.25, -0.2) is 0 Å². The zero-order valence-corrected chi connectivity index (χ0v) is 24.1. The van der Waals surface area contributed by atoms with Crippen LogP contribution in [0.3, 0.4) is 0 Å². The van der Waals surface area contributed by atoms with Crippen LogP contribution in [-0.4, -0.2) is 0 Å². The Labute approximate surface area is 257 Å². The summed E-state index contributed by atoms with van der Waals surface area (Å²) >= 11 is 0. The van der Waals surface area contributed by atoms with Crippen molar-refractivity contribution in [1.82, 2.24) is 0 Å². The van der Waals surface area contributed by atoms with Gasteiger partial charge in [0.15, 0.2) is 6.23 Å². The fourth-order valence-electron chi connectivity index (χ4n) is 6.13. The molecule has 44 heavy (non-hydrogen) atoms. The van der Waals surface area contributed by atoms with E-state index in [9.17, 15) is 0 Å². The normalized spacial score (nSPS) is 13.6. The predicted molar refractivity (Wildman–Crippen MR) is 183 cm³/mol. The van der Waals surface area contributed by atoms with Crippen molar-refractivity contribution in [3.63, 3.8) is 0 Å². The lowest BCUT2D eigenvalue weighted by Gasteiger charge is -2.28. The number of anilines is 4. The van der Waals surface area contributed by atoms with E-state index >= 15 is 0 Å². The summed E-state index contributed by atoms with van der Waals surface area (Å²) in [6.45, 7) is 0. The molecule has 1 unspecified atom stereocenters. The van der Waals surface area contributed by atoms with Crippen LogP contribution < -0.4 is 15.0 Å². The van der Waals surface area contributed by atoms with E-state index in [1.54, 1.807) is 0 Å². The first-order valence-electron chi connectivity index (χ1n) is 15.0. The summed E-state index contributed by atoms with van der Waals surface area (Å²) in [6, 6.07) is 59.9. The van der Waals surface area contributed by atoms with Crippen LogP contribution in [0.5, 0.6) is 5.75 Å². The van der Waals surface area contributed by atoms with Crippen molar-refractivity contribution in [3.8, 4) is 28.0 Å². The Bertz CT molecular complexity index is 2060. The molecule has 7 aromatic rings. The summed E-state index contributed by atoms with van der Waals surface area (Å²) in [5.41, 5.74) is 10.1. The molecule has 0 saturated carbocycles. The fourth-order valence-corrected chi connectivity index (χ4v) is 6.13. The lowest BCUT2D eigenvalue weighted by Crippen LogP contribution is -2.11. The van der Waals surface area contributed by atoms with Gasteiger partial charge < -0.3 is 15.0 Å². The highest BCUT2D eigenvalue weighted by Crippen LogP contribution is 2.46. The van der Waals surface area contributed by atoms with Gasteiger partial charge in [0.1, 0.15) is 5.75 Å². The minimum atomic E-state index is -0.221. The average Bonchev–Trinajstić information content (AvgIpc) is 3.56. The van der Waals surface area contributed by atoms with Gasteiger partial charge in [0.2, 0.25) is 0 Å². The third-order valence-corrected chi connectivity index (χ3v) is 8.31. The molecule has 3 nitrogen and oxygen atoms in total. The summed E-state index contributed by atoms with van der Waals surface area (Å²) in [7, 11) is 0. The summed E-state index contributed by atoms with van der Waals surface area (Å²) in [4.78, 5) is 2.36. The van der Waals surface area contributed by atoms with E-state index in [0.717, 1.165) is 44.8 Å². The first-order valence-corrected chi connectivity index (χ1v) is 15.0. The Morgan fingerprint density at radius 3 is 1.84 bits per heavy atom. The molecule has 3 heteroatoms. The number of fused-ring (bicyclic) bond motifs is 3. The SMILES string of the molecule is c1ccc(-c2ccc(N(c3ccc4ccc5c(c4c3)NC(c3ccccc3)O5)c3ccccc3-c3ccccc3)cc2)cc1. The minimum absolute atomic E-state index is 0.221. The Kier molecular flexibility index (Phi) is 6.54. The molecule has 0 aliphatic carbocycles. The van der Waals surface area contributed by atoms with Crippen molar-refractivity contribution in [2.75, 3.05) is 10.2 Å². The van der Waals surface area contributed by atoms with Crippen molar-refractivity contribution < 1.29 is 4.74 Å². The quantitative estimate of drug-likeness (QED) is 0.217. The van der Waals surface area contributed by atoms with Gasteiger partial charge in [0, 0.05) is 27.9 Å². The van der Waals surface area contributed by atoms with Crippen LogP contribution in [0.1, 0.15) is 11.8 Å². The van der Waals surface area contributed by atoms with Gasteiger partial charge >= 0.3 is 0 Å². The molecule has 0 amide bonds. The third-order valence-electron chi connectivity index (χ3n) is 8.31. The van der Waals surface area contributed by atoms with Gasteiger partial charge in [0.05, 0.1) is 11.4 Å². The number of benzene rings is 7. The minimum Gasteiger partial charge on any atom is -0.464 e. The molecule has 8 rings (SSSR count). The van der Waals surface area contributed by atoms with Crippen molar-refractivity contribution in [2.45, 2.75) is 6.23 Å². The average molecular weight is 567 g/mol. The fraction of sp³-hybridized carbons (Fsp3) is 0.0244. The van der Waals surface area contributed by atoms with Crippen molar-refractivity contribution >= 4 is 33.5 Å². The highest BCUT2D eigenvalue weighted by Gasteiger charge is 2.26. The summed E-state index contributed by atoms with van der Waals surface area (Å²) in [6.07, 6.45) is -0.221. The Morgan fingerprint density at radius 2 is 1.09 bits per heavy atom. The van der Waals surface area contributed by atoms with E-state index in [0.29, 0.717) is 0 Å². The molecule has 0 spiro atoms. The number of hydrogen-bond acceptors (Lipinski definition) is 3. The standard InChI is InChI=1S/C41H30N2O/c1-4-12-29(13-5-1)30-20-24-34(25-21-30)43(38-19-11-10-18-36(38)31-14-6-2-7-15-31)35-26-22-32-23-27-39-40(37(32)28-35)42-41(44-39)33-16-8-3-9-17-33/h1-28,41-42H. The van der Waals surface area contributed by atoms with Crippen molar-refractivity contribution in [3.05, 3.63) is 175 Å². The second-order valence-corrected chi connectivity index (χ2v) is 11.0. The molecule has 210 valence electrons. The molecular weight excluding hydrogens is 536 g/mol. The number of nitrogens with zero attached hydrogens (tertiary/aromatic N) is 1. The number of para-hydroxylation sites is 1. The van der Waals surface area contributed by atoms with Gasteiger partial charge in [-0.1, -0.05) is 133 Å². The maximum absolute atomic E-state index is 6.38. The van der Waals surface area contributed by atoms with Gasteiger partial charge in [-0.3, -0.25) is 0 Å². The lowest BCUT2D eigenvalue weighted by molar-refractivity contribution is 0.260.